The number of aromatic nitrogens is 3. The summed E-state index contributed by atoms with van der Waals surface area (Å²) in [5.41, 5.74) is 0.817. The first-order chi connectivity index (χ1) is 6.81. The predicted octanol–water partition coefficient (Wildman–Crippen LogP) is 1.49. The Kier molecular flexibility index (Phi) is 2.18. The number of methoxy groups -OCH3 is 1. The molecule has 0 aliphatic heterocycles. The molecule has 0 unspecified atom stereocenters. The van der Waals surface area contributed by atoms with Crippen molar-refractivity contribution in [2.75, 3.05) is 7.11 Å². The third-order valence-corrected chi connectivity index (χ3v) is 2.02. The van der Waals surface area contributed by atoms with Gasteiger partial charge < -0.3 is 9.30 Å². The molecule has 2 aromatic heterocycles. The van der Waals surface area contributed by atoms with E-state index in [1.807, 2.05) is 29.9 Å². The standard InChI is InChI=1S/C10H11N3O/c1-13-6-5-12-10(13)9-7-8(14-2)3-4-11-9/h3-7H,1-2H3. The van der Waals surface area contributed by atoms with Gasteiger partial charge in [-0.15, -0.1) is 0 Å². The zero-order valence-corrected chi connectivity index (χ0v) is 8.14. The summed E-state index contributed by atoms with van der Waals surface area (Å²) >= 11 is 0. The smallest absolute Gasteiger partial charge is 0.158 e. The highest BCUT2D eigenvalue weighted by Crippen LogP contribution is 2.18. The molecule has 2 heterocycles. The maximum atomic E-state index is 5.12. The molecular formula is C10H11N3O. The Hall–Kier alpha value is -1.84. The minimum atomic E-state index is 0.790. The first kappa shape index (κ1) is 8.74. The minimum absolute atomic E-state index is 0.790. The molecular weight excluding hydrogens is 178 g/mol. The maximum absolute atomic E-state index is 5.12. The second-order valence-electron chi connectivity index (χ2n) is 2.94. The Morgan fingerprint density at radius 3 is 2.79 bits per heavy atom. The fraction of sp³-hybridized carbons (Fsp3) is 0.200. The zero-order valence-electron chi connectivity index (χ0n) is 8.14. The third kappa shape index (κ3) is 1.46. The SMILES string of the molecule is COc1ccnc(-c2nccn2C)c1. The lowest BCUT2D eigenvalue weighted by Gasteiger charge is -2.03. The van der Waals surface area contributed by atoms with Gasteiger partial charge in [0.2, 0.25) is 0 Å². The molecule has 4 nitrogen and oxygen atoms in total. The molecule has 0 atom stereocenters. The van der Waals surface area contributed by atoms with Gasteiger partial charge in [-0.05, 0) is 6.07 Å². The molecule has 0 saturated carbocycles. The Morgan fingerprint density at radius 2 is 2.14 bits per heavy atom. The van der Waals surface area contributed by atoms with Crippen LogP contribution < -0.4 is 4.74 Å². The molecule has 4 heteroatoms. The van der Waals surface area contributed by atoms with E-state index in [9.17, 15) is 0 Å². The third-order valence-electron chi connectivity index (χ3n) is 2.02. The normalized spacial score (nSPS) is 10.1. The van der Waals surface area contributed by atoms with Crippen molar-refractivity contribution in [3.8, 4) is 17.3 Å². The van der Waals surface area contributed by atoms with Crippen molar-refractivity contribution in [3.05, 3.63) is 30.7 Å². The van der Waals surface area contributed by atoms with Crippen LogP contribution in [0, 0.1) is 0 Å². The predicted molar refractivity (Wildman–Crippen MR) is 53.0 cm³/mol. The molecule has 0 N–H and O–H groups in total. The van der Waals surface area contributed by atoms with Crippen molar-refractivity contribution in [2.24, 2.45) is 7.05 Å². The summed E-state index contributed by atoms with van der Waals surface area (Å²) < 4.78 is 7.03. The van der Waals surface area contributed by atoms with Crippen LogP contribution >= 0.6 is 0 Å². The van der Waals surface area contributed by atoms with E-state index < -0.39 is 0 Å². The lowest BCUT2D eigenvalue weighted by Crippen LogP contribution is -1.94. The molecule has 2 aromatic rings. The second kappa shape index (κ2) is 3.49. The Labute approximate surface area is 82.2 Å². The largest absolute Gasteiger partial charge is 0.497 e. The van der Waals surface area contributed by atoms with Crippen LogP contribution in [0.3, 0.4) is 0 Å². The van der Waals surface area contributed by atoms with Gasteiger partial charge in [-0.1, -0.05) is 0 Å². The summed E-state index contributed by atoms with van der Waals surface area (Å²) in [6, 6.07) is 3.68. The summed E-state index contributed by atoms with van der Waals surface area (Å²) in [4.78, 5) is 8.43. The van der Waals surface area contributed by atoms with Gasteiger partial charge in [-0.2, -0.15) is 0 Å². The highest BCUT2D eigenvalue weighted by molar-refractivity contribution is 5.52. The van der Waals surface area contributed by atoms with E-state index >= 15 is 0 Å². The highest BCUT2D eigenvalue weighted by atomic mass is 16.5. The van der Waals surface area contributed by atoms with Crippen molar-refractivity contribution >= 4 is 0 Å². The lowest BCUT2D eigenvalue weighted by atomic mass is 10.3. The monoisotopic (exact) mass is 189 g/mol. The number of ether oxygens (including phenoxy) is 1. The number of pyridine rings is 1. The van der Waals surface area contributed by atoms with E-state index in [4.69, 9.17) is 4.74 Å². The molecule has 0 amide bonds. The van der Waals surface area contributed by atoms with E-state index in [1.54, 1.807) is 19.5 Å². The van der Waals surface area contributed by atoms with Crippen LogP contribution in [-0.4, -0.2) is 21.6 Å². The summed E-state index contributed by atoms with van der Waals surface area (Å²) in [5.74, 6) is 1.63. The molecule has 0 aliphatic carbocycles. The summed E-state index contributed by atoms with van der Waals surface area (Å²) in [6.45, 7) is 0. The summed E-state index contributed by atoms with van der Waals surface area (Å²) in [6.07, 6.45) is 5.34. The van der Waals surface area contributed by atoms with Gasteiger partial charge in [0.15, 0.2) is 5.82 Å². The van der Waals surface area contributed by atoms with E-state index in [1.165, 1.54) is 0 Å². The quantitative estimate of drug-likeness (QED) is 0.718. The molecule has 72 valence electrons. The van der Waals surface area contributed by atoms with Crippen LogP contribution in [0.5, 0.6) is 5.75 Å². The first-order valence-electron chi connectivity index (χ1n) is 4.29. The second-order valence-corrected chi connectivity index (χ2v) is 2.94. The summed E-state index contributed by atoms with van der Waals surface area (Å²) in [5, 5.41) is 0. The molecule has 0 radical (unpaired) electrons. The first-order valence-corrected chi connectivity index (χ1v) is 4.29. The molecule has 0 bridgehead atoms. The van der Waals surface area contributed by atoms with E-state index in [-0.39, 0.29) is 0 Å². The number of imidazole rings is 1. The fourth-order valence-corrected chi connectivity index (χ4v) is 1.27. The van der Waals surface area contributed by atoms with Gasteiger partial charge >= 0.3 is 0 Å². The summed E-state index contributed by atoms with van der Waals surface area (Å²) in [7, 11) is 3.57. The van der Waals surface area contributed by atoms with Crippen molar-refractivity contribution < 1.29 is 4.74 Å². The Bertz CT molecular complexity index is 436. The Morgan fingerprint density at radius 1 is 1.29 bits per heavy atom. The fourth-order valence-electron chi connectivity index (χ4n) is 1.27. The molecule has 0 spiro atoms. The highest BCUT2D eigenvalue weighted by Gasteiger charge is 2.04. The molecule has 0 aliphatic rings. The van der Waals surface area contributed by atoms with Crippen LogP contribution in [0.2, 0.25) is 0 Å². The Balaban J connectivity index is 2.47. The van der Waals surface area contributed by atoms with Crippen LogP contribution in [0.4, 0.5) is 0 Å². The number of hydrogen-bond acceptors (Lipinski definition) is 3. The lowest BCUT2D eigenvalue weighted by molar-refractivity contribution is 0.414. The molecule has 0 fully saturated rings. The number of rotatable bonds is 2. The number of aryl methyl sites for hydroxylation is 1. The van der Waals surface area contributed by atoms with Crippen molar-refractivity contribution in [3.63, 3.8) is 0 Å². The van der Waals surface area contributed by atoms with Gasteiger partial charge in [0.25, 0.3) is 0 Å². The number of hydrogen-bond donors (Lipinski definition) is 0. The maximum Gasteiger partial charge on any atom is 0.158 e. The van der Waals surface area contributed by atoms with Crippen molar-refractivity contribution in [2.45, 2.75) is 0 Å². The van der Waals surface area contributed by atoms with Crippen LogP contribution in [0.15, 0.2) is 30.7 Å². The van der Waals surface area contributed by atoms with Gasteiger partial charge in [0.05, 0.1) is 7.11 Å². The van der Waals surface area contributed by atoms with Crippen LogP contribution in [-0.2, 0) is 7.05 Å². The van der Waals surface area contributed by atoms with E-state index in [0.29, 0.717) is 0 Å². The van der Waals surface area contributed by atoms with Crippen LogP contribution in [0.25, 0.3) is 11.5 Å². The van der Waals surface area contributed by atoms with Crippen molar-refractivity contribution in [1.29, 1.82) is 0 Å². The topological polar surface area (TPSA) is 39.9 Å². The minimum Gasteiger partial charge on any atom is -0.497 e. The van der Waals surface area contributed by atoms with Gasteiger partial charge in [0, 0.05) is 31.7 Å². The van der Waals surface area contributed by atoms with Gasteiger partial charge in [0.1, 0.15) is 11.4 Å². The van der Waals surface area contributed by atoms with Crippen molar-refractivity contribution in [1.82, 2.24) is 14.5 Å². The molecule has 14 heavy (non-hydrogen) atoms. The average Bonchev–Trinajstić information content (AvgIpc) is 2.65. The van der Waals surface area contributed by atoms with Crippen LogP contribution in [0.1, 0.15) is 0 Å². The average molecular weight is 189 g/mol. The molecule has 2 rings (SSSR count). The molecule has 0 saturated heterocycles. The number of nitrogens with zero attached hydrogens (tertiary/aromatic N) is 3. The van der Waals surface area contributed by atoms with E-state index in [0.717, 1.165) is 17.3 Å². The van der Waals surface area contributed by atoms with E-state index in [2.05, 4.69) is 9.97 Å². The van der Waals surface area contributed by atoms with Gasteiger partial charge in [-0.25, -0.2) is 4.98 Å². The molecule has 0 aromatic carbocycles. The van der Waals surface area contributed by atoms with Gasteiger partial charge in [-0.3, -0.25) is 4.98 Å². The zero-order chi connectivity index (χ0) is 9.97.